The van der Waals surface area contributed by atoms with Crippen LogP contribution < -0.4 is 16.1 Å². The van der Waals surface area contributed by atoms with Gasteiger partial charge in [-0.25, -0.2) is 0 Å². The molecule has 2 aliphatic rings. The van der Waals surface area contributed by atoms with E-state index in [1.54, 1.807) is 6.21 Å². The van der Waals surface area contributed by atoms with Crippen LogP contribution in [0.4, 0.5) is 0 Å². The number of aliphatic hydroxyl groups is 1. The van der Waals surface area contributed by atoms with Gasteiger partial charge in [0.2, 0.25) is 0 Å². The van der Waals surface area contributed by atoms with Crippen LogP contribution in [0.25, 0.3) is 0 Å². The van der Waals surface area contributed by atoms with E-state index < -0.39 is 0 Å². The predicted octanol–water partition coefficient (Wildman–Crippen LogP) is 1.45. The molecule has 0 amide bonds. The highest BCUT2D eigenvalue weighted by Gasteiger charge is 2.39. The number of hydrogen-bond donors (Lipinski definition) is 3. The van der Waals surface area contributed by atoms with Crippen molar-refractivity contribution < 1.29 is 14.7 Å². The maximum absolute atomic E-state index is 9.62. The lowest BCUT2D eigenvalue weighted by Gasteiger charge is -2.29. The van der Waals surface area contributed by atoms with Crippen LogP contribution in [-0.4, -0.2) is 39.9 Å². The standard InChI is InChI=1S/C18H29N5O3/c1-18(2,3)15(11-24)22-26-17-13-10-12-4-5-14(25-12)16(13)23(21-17)9-8-20-7-6-19/h6-8,12,14-15,22,24H,4-5,9-11,19H2,1-3H3/b7-6-,20-8?/t12-,14+,15+/m0/s1. The van der Waals surface area contributed by atoms with Gasteiger partial charge in [-0.2, -0.15) is 0 Å². The minimum absolute atomic E-state index is 0.0150. The molecule has 4 N–H and O–H groups in total. The minimum Gasteiger partial charge on any atom is -0.403 e. The number of nitrogens with one attached hydrogen (secondary N) is 1. The molecule has 8 heteroatoms. The van der Waals surface area contributed by atoms with Gasteiger partial charge in [-0.1, -0.05) is 20.8 Å². The largest absolute Gasteiger partial charge is 0.403 e. The Morgan fingerprint density at radius 1 is 1.50 bits per heavy atom. The van der Waals surface area contributed by atoms with E-state index in [1.807, 2.05) is 25.5 Å². The molecule has 1 saturated heterocycles. The van der Waals surface area contributed by atoms with E-state index in [4.69, 9.17) is 15.3 Å². The number of rotatable bonds is 7. The van der Waals surface area contributed by atoms with Crippen LogP contribution in [0, 0.1) is 5.41 Å². The molecule has 0 aliphatic carbocycles. The highest BCUT2D eigenvalue weighted by molar-refractivity contribution is 5.58. The molecule has 0 unspecified atom stereocenters. The number of ether oxygens (including phenoxy) is 1. The van der Waals surface area contributed by atoms with Crippen molar-refractivity contribution >= 4 is 6.21 Å². The molecule has 26 heavy (non-hydrogen) atoms. The molecule has 0 radical (unpaired) electrons. The van der Waals surface area contributed by atoms with Crippen LogP contribution in [-0.2, 0) is 17.7 Å². The van der Waals surface area contributed by atoms with Gasteiger partial charge in [0.15, 0.2) is 0 Å². The molecule has 0 spiro atoms. The highest BCUT2D eigenvalue weighted by Crippen LogP contribution is 2.44. The second-order valence-corrected chi connectivity index (χ2v) is 7.87. The number of nitrogens with two attached hydrogens (primary N) is 1. The van der Waals surface area contributed by atoms with E-state index in [2.05, 4.69) is 15.6 Å². The molecular formula is C18H29N5O3. The predicted molar refractivity (Wildman–Crippen MR) is 98.7 cm³/mol. The molecule has 1 aromatic heterocycles. The van der Waals surface area contributed by atoms with Gasteiger partial charge >= 0.3 is 0 Å². The zero-order valence-corrected chi connectivity index (χ0v) is 15.7. The Hall–Kier alpha value is -1.90. The fourth-order valence-corrected chi connectivity index (χ4v) is 3.40. The van der Waals surface area contributed by atoms with Gasteiger partial charge in [-0.05, 0) is 18.3 Å². The Morgan fingerprint density at radius 3 is 3.00 bits per heavy atom. The Morgan fingerprint density at radius 2 is 2.31 bits per heavy atom. The first-order valence-electron chi connectivity index (χ1n) is 9.10. The van der Waals surface area contributed by atoms with Gasteiger partial charge in [-0.15, -0.1) is 10.6 Å². The van der Waals surface area contributed by atoms with Crippen LogP contribution in [0.15, 0.2) is 17.4 Å². The quantitative estimate of drug-likeness (QED) is 0.500. The van der Waals surface area contributed by atoms with Crippen molar-refractivity contribution in [3.63, 3.8) is 0 Å². The lowest BCUT2D eigenvalue weighted by molar-refractivity contribution is 0.0250. The summed E-state index contributed by atoms with van der Waals surface area (Å²) < 4.78 is 7.94. The summed E-state index contributed by atoms with van der Waals surface area (Å²) in [5, 5.41) is 14.2. The summed E-state index contributed by atoms with van der Waals surface area (Å²) in [4.78, 5) is 9.94. The van der Waals surface area contributed by atoms with Crippen molar-refractivity contribution in [2.75, 3.05) is 6.61 Å². The molecule has 3 atom stereocenters. The summed E-state index contributed by atoms with van der Waals surface area (Å²) >= 11 is 0. The van der Waals surface area contributed by atoms with Crippen molar-refractivity contribution in [1.29, 1.82) is 0 Å². The van der Waals surface area contributed by atoms with Crippen molar-refractivity contribution in [1.82, 2.24) is 15.3 Å². The van der Waals surface area contributed by atoms with Crippen LogP contribution >= 0.6 is 0 Å². The SMILES string of the molecule is CC(C)(C)[C@@H](CO)NOc1nn(CC=N/C=C\N)c2c1C[C@@H]1CC[C@H]2O1. The Kier molecular flexibility index (Phi) is 5.64. The number of aliphatic hydroxyl groups excluding tert-OH is 1. The molecule has 2 aliphatic heterocycles. The van der Waals surface area contributed by atoms with E-state index in [0.29, 0.717) is 12.4 Å². The molecule has 2 bridgehead atoms. The van der Waals surface area contributed by atoms with E-state index in [9.17, 15) is 5.11 Å². The molecule has 3 rings (SSSR count). The van der Waals surface area contributed by atoms with E-state index in [1.165, 1.54) is 12.4 Å². The monoisotopic (exact) mass is 363 g/mol. The lowest BCUT2D eigenvalue weighted by atomic mass is 9.88. The van der Waals surface area contributed by atoms with Crippen molar-refractivity contribution in [3.8, 4) is 5.88 Å². The first-order chi connectivity index (χ1) is 12.4. The Bertz CT molecular complexity index is 677. The summed E-state index contributed by atoms with van der Waals surface area (Å²) in [7, 11) is 0. The van der Waals surface area contributed by atoms with Gasteiger partial charge in [-0.3, -0.25) is 9.67 Å². The number of aliphatic imine (C=N–C) groups is 1. The summed E-state index contributed by atoms with van der Waals surface area (Å²) in [5.74, 6) is 0.561. The molecule has 0 aromatic carbocycles. The highest BCUT2D eigenvalue weighted by atomic mass is 16.7. The first-order valence-corrected chi connectivity index (χ1v) is 9.10. The zero-order chi connectivity index (χ0) is 18.7. The van der Waals surface area contributed by atoms with Gasteiger partial charge < -0.3 is 20.4 Å². The minimum atomic E-state index is -0.198. The van der Waals surface area contributed by atoms with E-state index >= 15 is 0 Å². The average Bonchev–Trinajstić information content (AvgIpc) is 3.13. The third-order valence-electron chi connectivity index (χ3n) is 4.96. The molecule has 0 saturated carbocycles. The van der Waals surface area contributed by atoms with Gasteiger partial charge in [0.1, 0.15) is 6.10 Å². The number of hydroxylamine groups is 1. The van der Waals surface area contributed by atoms with Crippen molar-refractivity contribution in [2.45, 2.75) is 64.8 Å². The number of hydrogen-bond acceptors (Lipinski definition) is 7. The zero-order valence-electron chi connectivity index (χ0n) is 15.7. The maximum Gasteiger partial charge on any atom is 0.259 e. The fourth-order valence-electron chi connectivity index (χ4n) is 3.40. The fraction of sp³-hybridized carbons (Fsp3) is 0.667. The van der Waals surface area contributed by atoms with Gasteiger partial charge in [0.05, 0.1) is 31.0 Å². The second kappa shape index (κ2) is 7.77. The molecule has 3 heterocycles. The van der Waals surface area contributed by atoms with E-state index in [-0.39, 0.29) is 30.3 Å². The molecule has 1 aromatic rings. The Balaban J connectivity index is 1.82. The normalized spacial score (nSPS) is 23.7. The average molecular weight is 363 g/mol. The number of nitrogens with zero attached hydrogens (tertiary/aromatic N) is 3. The first kappa shape index (κ1) is 18.9. The molecule has 144 valence electrons. The second-order valence-electron chi connectivity index (χ2n) is 7.87. The Labute approximate surface area is 154 Å². The summed E-state index contributed by atoms with van der Waals surface area (Å²) in [5.41, 5.74) is 10.3. The summed E-state index contributed by atoms with van der Waals surface area (Å²) in [6.07, 6.45) is 7.81. The smallest absolute Gasteiger partial charge is 0.259 e. The molecule has 1 fully saturated rings. The maximum atomic E-state index is 9.62. The van der Waals surface area contributed by atoms with Crippen LogP contribution in [0.2, 0.25) is 0 Å². The summed E-state index contributed by atoms with van der Waals surface area (Å²) in [6.45, 7) is 6.65. The van der Waals surface area contributed by atoms with Gasteiger partial charge in [0, 0.05) is 30.6 Å². The third kappa shape index (κ3) is 3.92. The van der Waals surface area contributed by atoms with Gasteiger partial charge in [0.25, 0.3) is 5.88 Å². The summed E-state index contributed by atoms with van der Waals surface area (Å²) in [6, 6.07) is -0.198. The lowest BCUT2D eigenvalue weighted by Crippen LogP contribution is -2.45. The van der Waals surface area contributed by atoms with Crippen LogP contribution in [0.3, 0.4) is 0 Å². The molecular weight excluding hydrogens is 334 g/mol. The van der Waals surface area contributed by atoms with Crippen molar-refractivity contribution in [2.24, 2.45) is 16.1 Å². The number of fused-ring (bicyclic) bond motifs is 4. The molecule has 8 nitrogen and oxygen atoms in total. The van der Waals surface area contributed by atoms with E-state index in [0.717, 1.165) is 30.5 Å². The number of aromatic nitrogens is 2. The van der Waals surface area contributed by atoms with Crippen LogP contribution in [0.1, 0.15) is 51.0 Å². The topological polar surface area (TPSA) is 107 Å². The van der Waals surface area contributed by atoms with Crippen LogP contribution in [0.5, 0.6) is 5.88 Å². The third-order valence-corrected chi connectivity index (χ3v) is 4.96. The van der Waals surface area contributed by atoms with Crippen molar-refractivity contribution in [3.05, 3.63) is 23.7 Å².